The zero-order valence-corrected chi connectivity index (χ0v) is 11.0. The molecule has 0 atom stereocenters. The van der Waals surface area contributed by atoms with E-state index in [4.69, 9.17) is 0 Å². The van der Waals surface area contributed by atoms with Gasteiger partial charge in [-0.1, -0.05) is 24.3 Å². The molecule has 2 rings (SSSR count). The Labute approximate surface area is 117 Å². The van der Waals surface area contributed by atoms with E-state index in [2.05, 4.69) is 0 Å². The number of carbonyl (C=O) groups excluding carboxylic acids is 1. The molecule has 0 aliphatic rings. The zero-order chi connectivity index (χ0) is 14.5. The van der Waals surface area contributed by atoms with Crippen LogP contribution in [0.3, 0.4) is 0 Å². The maximum absolute atomic E-state index is 12.0. The molecular formula is C16H15NO3. The molecule has 0 aliphatic carbocycles. The number of para-hydroxylation sites is 1. The van der Waals surface area contributed by atoms with Crippen molar-refractivity contribution in [2.24, 2.45) is 0 Å². The van der Waals surface area contributed by atoms with Crippen molar-refractivity contribution in [1.82, 2.24) is 0 Å². The van der Waals surface area contributed by atoms with E-state index in [1.165, 1.54) is 23.1 Å². The van der Waals surface area contributed by atoms with Crippen LogP contribution in [0.15, 0.2) is 54.6 Å². The van der Waals surface area contributed by atoms with E-state index in [-0.39, 0.29) is 17.4 Å². The fourth-order valence-corrected chi connectivity index (χ4v) is 1.70. The third-order valence-corrected chi connectivity index (χ3v) is 2.89. The number of rotatable bonds is 3. The van der Waals surface area contributed by atoms with Crippen LogP contribution in [-0.4, -0.2) is 23.2 Å². The maximum atomic E-state index is 12.0. The number of likely N-dealkylation sites (N-methyl/N-ethyl adjacent to an activating group) is 1. The van der Waals surface area contributed by atoms with Crippen LogP contribution in [0.4, 0.5) is 5.69 Å². The summed E-state index contributed by atoms with van der Waals surface area (Å²) in [5.74, 6) is -0.574. The Hall–Kier alpha value is -2.75. The van der Waals surface area contributed by atoms with Gasteiger partial charge in [-0.15, -0.1) is 0 Å². The van der Waals surface area contributed by atoms with E-state index < -0.39 is 0 Å². The molecule has 0 bridgehead atoms. The molecule has 0 aliphatic heterocycles. The van der Waals surface area contributed by atoms with Crippen molar-refractivity contribution in [1.29, 1.82) is 0 Å². The molecule has 2 aromatic rings. The summed E-state index contributed by atoms with van der Waals surface area (Å²) >= 11 is 0. The minimum Gasteiger partial charge on any atom is -0.504 e. The Morgan fingerprint density at radius 3 is 2.40 bits per heavy atom. The van der Waals surface area contributed by atoms with Crippen molar-refractivity contribution in [2.45, 2.75) is 0 Å². The Morgan fingerprint density at radius 1 is 1.05 bits per heavy atom. The second-order valence-corrected chi connectivity index (χ2v) is 4.31. The summed E-state index contributed by atoms with van der Waals surface area (Å²) in [5, 5.41) is 18.6. The van der Waals surface area contributed by atoms with Gasteiger partial charge < -0.3 is 15.1 Å². The normalized spacial score (nSPS) is 10.7. The molecule has 0 unspecified atom stereocenters. The van der Waals surface area contributed by atoms with E-state index in [1.54, 1.807) is 19.2 Å². The molecule has 0 heterocycles. The minimum atomic E-state index is -0.212. The van der Waals surface area contributed by atoms with Crippen LogP contribution in [0.25, 0.3) is 6.08 Å². The Bertz CT molecular complexity index is 635. The second kappa shape index (κ2) is 5.93. The fourth-order valence-electron chi connectivity index (χ4n) is 1.70. The number of nitrogens with zero attached hydrogens (tertiary/aromatic N) is 1. The van der Waals surface area contributed by atoms with Crippen molar-refractivity contribution in [2.75, 3.05) is 11.9 Å². The predicted octanol–water partition coefficient (Wildman–Crippen LogP) is 2.77. The molecule has 0 aromatic heterocycles. The summed E-state index contributed by atoms with van der Waals surface area (Å²) < 4.78 is 0. The summed E-state index contributed by atoms with van der Waals surface area (Å²) in [6.07, 6.45) is 3.00. The summed E-state index contributed by atoms with van der Waals surface area (Å²) in [4.78, 5) is 13.5. The van der Waals surface area contributed by atoms with Crippen molar-refractivity contribution in [3.63, 3.8) is 0 Å². The van der Waals surface area contributed by atoms with Gasteiger partial charge in [0, 0.05) is 18.8 Å². The highest BCUT2D eigenvalue weighted by molar-refractivity contribution is 6.03. The van der Waals surface area contributed by atoms with Crippen LogP contribution in [0.2, 0.25) is 0 Å². The molecule has 4 nitrogen and oxygen atoms in total. The summed E-state index contributed by atoms with van der Waals surface area (Å²) in [5.41, 5.74) is 1.44. The fraction of sp³-hybridized carbons (Fsp3) is 0.0625. The average Bonchev–Trinajstić information content (AvgIpc) is 2.48. The van der Waals surface area contributed by atoms with E-state index in [1.807, 2.05) is 30.3 Å². The highest BCUT2D eigenvalue weighted by Gasteiger charge is 2.06. The largest absolute Gasteiger partial charge is 0.504 e. The molecule has 1 amide bonds. The quantitative estimate of drug-likeness (QED) is 0.665. The van der Waals surface area contributed by atoms with Crippen molar-refractivity contribution in [3.8, 4) is 11.5 Å². The second-order valence-electron chi connectivity index (χ2n) is 4.31. The van der Waals surface area contributed by atoms with Crippen LogP contribution < -0.4 is 4.90 Å². The molecule has 20 heavy (non-hydrogen) atoms. The molecule has 0 saturated carbocycles. The summed E-state index contributed by atoms with van der Waals surface area (Å²) in [6, 6.07) is 13.7. The van der Waals surface area contributed by atoms with Gasteiger partial charge in [-0.25, -0.2) is 0 Å². The average molecular weight is 269 g/mol. The topological polar surface area (TPSA) is 60.8 Å². The molecule has 0 spiro atoms. The Kier molecular flexibility index (Phi) is 4.05. The summed E-state index contributed by atoms with van der Waals surface area (Å²) in [6.45, 7) is 0. The van der Waals surface area contributed by atoms with Crippen LogP contribution in [-0.2, 0) is 4.79 Å². The number of amides is 1. The molecule has 0 saturated heterocycles. The number of anilines is 1. The first-order valence-electron chi connectivity index (χ1n) is 6.11. The molecule has 2 aromatic carbocycles. The number of phenolic OH excluding ortho intramolecular Hbond substituents is 2. The smallest absolute Gasteiger partial charge is 0.250 e. The maximum Gasteiger partial charge on any atom is 0.250 e. The summed E-state index contributed by atoms with van der Waals surface area (Å²) in [7, 11) is 1.69. The van der Waals surface area contributed by atoms with E-state index in [0.717, 1.165) is 5.69 Å². The first-order valence-corrected chi connectivity index (χ1v) is 6.11. The van der Waals surface area contributed by atoms with E-state index >= 15 is 0 Å². The lowest BCUT2D eigenvalue weighted by Crippen LogP contribution is -2.23. The van der Waals surface area contributed by atoms with Crippen LogP contribution in [0, 0.1) is 0 Å². The highest BCUT2D eigenvalue weighted by Crippen LogP contribution is 2.25. The van der Waals surface area contributed by atoms with Gasteiger partial charge in [0.2, 0.25) is 0 Å². The SMILES string of the molecule is CN(C(=O)/C=C/c1ccc(O)c(O)c1)c1ccccc1. The molecule has 102 valence electrons. The van der Waals surface area contributed by atoms with E-state index in [0.29, 0.717) is 5.56 Å². The highest BCUT2D eigenvalue weighted by atomic mass is 16.3. The third kappa shape index (κ3) is 3.17. The number of hydrogen-bond acceptors (Lipinski definition) is 3. The first kappa shape index (κ1) is 13.7. The number of phenols is 2. The lowest BCUT2D eigenvalue weighted by Gasteiger charge is -2.14. The Balaban J connectivity index is 2.11. The minimum absolute atomic E-state index is 0.177. The molecule has 4 heteroatoms. The van der Waals surface area contributed by atoms with Gasteiger partial charge >= 0.3 is 0 Å². The van der Waals surface area contributed by atoms with Crippen LogP contribution >= 0.6 is 0 Å². The number of aromatic hydroxyl groups is 2. The molecular weight excluding hydrogens is 254 g/mol. The standard InChI is InChI=1S/C16H15NO3/c1-17(13-5-3-2-4-6-13)16(20)10-8-12-7-9-14(18)15(19)11-12/h2-11,18-19H,1H3/b10-8+. The van der Waals surface area contributed by atoms with Crippen LogP contribution in [0.5, 0.6) is 11.5 Å². The van der Waals surface area contributed by atoms with Gasteiger partial charge in [0.1, 0.15) is 0 Å². The first-order chi connectivity index (χ1) is 9.58. The van der Waals surface area contributed by atoms with Crippen molar-refractivity contribution in [3.05, 3.63) is 60.2 Å². The lowest BCUT2D eigenvalue weighted by atomic mass is 10.2. The van der Waals surface area contributed by atoms with E-state index in [9.17, 15) is 15.0 Å². The number of hydrogen-bond donors (Lipinski definition) is 2. The van der Waals surface area contributed by atoms with Gasteiger partial charge in [-0.05, 0) is 35.9 Å². The van der Waals surface area contributed by atoms with Gasteiger partial charge in [0.25, 0.3) is 5.91 Å². The monoisotopic (exact) mass is 269 g/mol. The zero-order valence-electron chi connectivity index (χ0n) is 11.0. The molecule has 0 radical (unpaired) electrons. The number of carbonyl (C=O) groups is 1. The van der Waals surface area contributed by atoms with Crippen molar-refractivity contribution < 1.29 is 15.0 Å². The molecule has 0 fully saturated rings. The Morgan fingerprint density at radius 2 is 1.75 bits per heavy atom. The third-order valence-electron chi connectivity index (χ3n) is 2.89. The predicted molar refractivity (Wildman–Crippen MR) is 78.7 cm³/mol. The molecule has 2 N–H and O–H groups in total. The lowest BCUT2D eigenvalue weighted by molar-refractivity contribution is -0.113. The van der Waals surface area contributed by atoms with Gasteiger partial charge in [0.15, 0.2) is 11.5 Å². The van der Waals surface area contributed by atoms with Gasteiger partial charge in [-0.3, -0.25) is 4.79 Å². The van der Waals surface area contributed by atoms with Gasteiger partial charge in [0.05, 0.1) is 0 Å². The van der Waals surface area contributed by atoms with Crippen molar-refractivity contribution >= 4 is 17.7 Å². The number of benzene rings is 2. The van der Waals surface area contributed by atoms with Gasteiger partial charge in [-0.2, -0.15) is 0 Å². The van der Waals surface area contributed by atoms with Crippen LogP contribution in [0.1, 0.15) is 5.56 Å².